The van der Waals surface area contributed by atoms with Gasteiger partial charge < -0.3 is 5.73 Å². The van der Waals surface area contributed by atoms with Crippen molar-refractivity contribution in [2.24, 2.45) is 5.73 Å². The van der Waals surface area contributed by atoms with Crippen LogP contribution in [0.5, 0.6) is 0 Å². The molecular weight excluding hydrogens is 347 g/mol. The van der Waals surface area contributed by atoms with Crippen molar-refractivity contribution in [3.05, 3.63) is 29.6 Å². The lowest BCUT2D eigenvalue weighted by Crippen LogP contribution is -2.56. The van der Waals surface area contributed by atoms with Crippen LogP contribution in [0.1, 0.15) is 55.6 Å². The summed E-state index contributed by atoms with van der Waals surface area (Å²) in [6, 6.07) is 1.90. The fraction of sp³-hybridized carbons (Fsp3) is 0.667. The van der Waals surface area contributed by atoms with Crippen molar-refractivity contribution < 1.29 is 13.2 Å². The number of halogens is 3. The topological polar surface area (TPSA) is 42.1 Å². The Balaban J connectivity index is 1.65. The first-order chi connectivity index (χ1) is 11.8. The van der Waals surface area contributed by atoms with Crippen LogP contribution in [0.4, 0.5) is 13.2 Å². The summed E-state index contributed by atoms with van der Waals surface area (Å²) < 4.78 is 38.8. The van der Waals surface area contributed by atoms with Crippen LogP contribution in [0, 0.1) is 0 Å². The summed E-state index contributed by atoms with van der Waals surface area (Å²) in [7, 11) is 0. The molecule has 2 atom stereocenters. The van der Waals surface area contributed by atoms with Crippen molar-refractivity contribution in [3.8, 4) is 0 Å². The summed E-state index contributed by atoms with van der Waals surface area (Å²) in [5.74, 6) is 0.567. The molecule has 1 saturated carbocycles. The number of fused-ring (bicyclic) bond motifs is 2. The molecule has 1 aromatic rings. The van der Waals surface area contributed by atoms with Gasteiger partial charge >= 0.3 is 6.18 Å². The molecular formula is C18H22F3N3S. The molecule has 2 aliphatic heterocycles. The summed E-state index contributed by atoms with van der Waals surface area (Å²) in [4.78, 5) is 6.40. The standard InChI is InChI=1S/C18H22F3N3S/c19-18(20,21)10-24-14-3-4-15(24)7-17(6-14,16(22)25)13-5-12(8-23-9-13)11-1-2-11/h5,8-9,11,14-15H,1-4,6-7,10H2,(H2,22,25). The van der Waals surface area contributed by atoms with Gasteiger partial charge in [0.1, 0.15) is 0 Å². The maximum absolute atomic E-state index is 12.9. The van der Waals surface area contributed by atoms with E-state index < -0.39 is 18.1 Å². The SMILES string of the molecule is NC(=S)C1(c2cncc(C3CC3)c2)CC2CCC(C1)N2CC(F)(F)F. The van der Waals surface area contributed by atoms with E-state index in [2.05, 4.69) is 11.1 Å². The van der Waals surface area contributed by atoms with Crippen molar-refractivity contribution in [2.45, 2.75) is 68.1 Å². The lowest BCUT2D eigenvalue weighted by molar-refractivity contribution is -0.156. The molecule has 2 unspecified atom stereocenters. The zero-order chi connectivity index (χ0) is 17.8. The zero-order valence-corrected chi connectivity index (χ0v) is 14.7. The minimum atomic E-state index is -4.17. The van der Waals surface area contributed by atoms with Gasteiger partial charge in [-0.15, -0.1) is 0 Å². The predicted octanol–water partition coefficient (Wildman–Crippen LogP) is 3.67. The first kappa shape index (κ1) is 17.2. The van der Waals surface area contributed by atoms with Gasteiger partial charge in [0, 0.05) is 29.9 Å². The summed E-state index contributed by atoms with van der Waals surface area (Å²) >= 11 is 5.43. The van der Waals surface area contributed by atoms with Crippen LogP contribution in [0.3, 0.4) is 0 Å². The number of piperidine rings is 1. The van der Waals surface area contributed by atoms with Crippen LogP contribution in [0.25, 0.3) is 0 Å². The van der Waals surface area contributed by atoms with E-state index in [-0.39, 0.29) is 12.1 Å². The van der Waals surface area contributed by atoms with Crippen LogP contribution in [0.2, 0.25) is 0 Å². The summed E-state index contributed by atoms with van der Waals surface area (Å²) in [5.41, 5.74) is 7.84. The maximum Gasteiger partial charge on any atom is 0.401 e. The molecule has 25 heavy (non-hydrogen) atoms. The number of hydrogen-bond acceptors (Lipinski definition) is 3. The second kappa shape index (κ2) is 5.91. The molecule has 0 spiro atoms. The Morgan fingerprint density at radius 1 is 1.20 bits per heavy atom. The molecule has 3 fully saturated rings. The number of pyridine rings is 1. The van der Waals surface area contributed by atoms with Crippen molar-refractivity contribution in [2.75, 3.05) is 6.54 Å². The van der Waals surface area contributed by atoms with E-state index in [9.17, 15) is 13.2 Å². The molecule has 4 rings (SSSR count). The van der Waals surface area contributed by atoms with Gasteiger partial charge in [-0.1, -0.05) is 18.3 Å². The molecule has 136 valence electrons. The average molecular weight is 369 g/mol. The molecule has 2 saturated heterocycles. The van der Waals surface area contributed by atoms with Crippen molar-refractivity contribution in [1.82, 2.24) is 9.88 Å². The highest BCUT2D eigenvalue weighted by Gasteiger charge is 2.53. The van der Waals surface area contributed by atoms with Crippen molar-refractivity contribution in [1.29, 1.82) is 0 Å². The highest BCUT2D eigenvalue weighted by Crippen LogP contribution is 2.49. The van der Waals surface area contributed by atoms with E-state index in [1.165, 1.54) is 18.4 Å². The van der Waals surface area contributed by atoms with Gasteiger partial charge in [0.15, 0.2) is 0 Å². The Kier molecular flexibility index (Phi) is 4.07. The van der Waals surface area contributed by atoms with E-state index in [4.69, 9.17) is 18.0 Å². The Hall–Kier alpha value is -1.21. The minimum absolute atomic E-state index is 0.119. The average Bonchev–Trinajstić information content (AvgIpc) is 3.35. The van der Waals surface area contributed by atoms with Crippen LogP contribution >= 0.6 is 12.2 Å². The molecule has 2 N–H and O–H groups in total. The van der Waals surface area contributed by atoms with E-state index in [1.807, 2.05) is 12.4 Å². The first-order valence-electron chi connectivity index (χ1n) is 8.86. The normalized spacial score (nSPS) is 32.8. The van der Waals surface area contributed by atoms with Gasteiger partial charge in [-0.25, -0.2) is 0 Å². The number of aromatic nitrogens is 1. The smallest absolute Gasteiger partial charge is 0.393 e. The third-order valence-electron chi connectivity index (χ3n) is 6.13. The molecule has 0 aromatic carbocycles. The molecule has 3 nitrogen and oxygen atoms in total. The van der Waals surface area contributed by atoms with Crippen LogP contribution in [-0.4, -0.2) is 39.7 Å². The lowest BCUT2D eigenvalue weighted by atomic mass is 9.70. The minimum Gasteiger partial charge on any atom is -0.393 e. The van der Waals surface area contributed by atoms with Gasteiger partial charge in [-0.2, -0.15) is 13.2 Å². The van der Waals surface area contributed by atoms with E-state index in [0.717, 1.165) is 18.4 Å². The maximum atomic E-state index is 12.9. The number of alkyl halides is 3. The molecule has 0 radical (unpaired) electrons. The quantitative estimate of drug-likeness (QED) is 0.823. The van der Waals surface area contributed by atoms with Crippen LogP contribution < -0.4 is 5.73 Å². The highest BCUT2D eigenvalue weighted by atomic mass is 32.1. The number of rotatable bonds is 4. The van der Waals surface area contributed by atoms with Crippen molar-refractivity contribution >= 4 is 17.2 Å². The number of nitrogens with zero attached hydrogens (tertiary/aromatic N) is 2. The summed E-state index contributed by atoms with van der Waals surface area (Å²) in [5, 5.41) is 0. The number of nitrogens with two attached hydrogens (primary N) is 1. The Labute approximate surface area is 150 Å². The molecule has 1 aromatic heterocycles. The fourth-order valence-electron chi connectivity index (χ4n) is 4.74. The fourth-order valence-corrected chi connectivity index (χ4v) is 5.03. The molecule has 3 heterocycles. The van der Waals surface area contributed by atoms with Gasteiger partial charge in [0.05, 0.1) is 11.5 Å². The van der Waals surface area contributed by atoms with Crippen molar-refractivity contribution in [3.63, 3.8) is 0 Å². The Morgan fingerprint density at radius 3 is 2.36 bits per heavy atom. The summed E-state index contributed by atoms with van der Waals surface area (Å²) in [6.45, 7) is -0.837. The monoisotopic (exact) mass is 369 g/mol. The highest BCUT2D eigenvalue weighted by molar-refractivity contribution is 7.80. The van der Waals surface area contributed by atoms with Gasteiger partial charge in [0.25, 0.3) is 0 Å². The second-order valence-corrected chi connectivity index (χ2v) is 8.25. The predicted molar refractivity (Wildman–Crippen MR) is 93.5 cm³/mol. The molecule has 0 amide bonds. The molecule has 2 bridgehead atoms. The Morgan fingerprint density at radius 2 is 1.84 bits per heavy atom. The van der Waals surface area contributed by atoms with E-state index >= 15 is 0 Å². The number of thiocarbonyl (C=S) groups is 1. The lowest BCUT2D eigenvalue weighted by Gasteiger charge is -2.46. The third-order valence-corrected chi connectivity index (χ3v) is 6.52. The molecule has 7 heteroatoms. The second-order valence-electron chi connectivity index (χ2n) is 7.81. The first-order valence-corrected chi connectivity index (χ1v) is 9.27. The molecule has 3 aliphatic rings. The number of hydrogen-bond donors (Lipinski definition) is 1. The molecule has 1 aliphatic carbocycles. The van der Waals surface area contributed by atoms with Crippen LogP contribution in [0.15, 0.2) is 18.5 Å². The zero-order valence-electron chi connectivity index (χ0n) is 13.9. The Bertz CT molecular complexity index is 672. The largest absolute Gasteiger partial charge is 0.401 e. The van der Waals surface area contributed by atoms with Gasteiger partial charge in [-0.3, -0.25) is 9.88 Å². The van der Waals surface area contributed by atoms with E-state index in [0.29, 0.717) is 23.7 Å². The van der Waals surface area contributed by atoms with Gasteiger partial charge in [0.2, 0.25) is 0 Å². The van der Waals surface area contributed by atoms with Gasteiger partial charge in [-0.05, 0) is 55.6 Å². The van der Waals surface area contributed by atoms with E-state index in [1.54, 1.807) is 4.90 Å². The van der Waals surface area contributed by atoms with Crippen LogP contribution in [-0.2, 0) is 5.41 Å². The third kappa shape index (κ3) is 3.16. The summed E-state index contributed by atoms with van der Waals surface area (Å²) in [6.07, 6.45) is 4.56.